The molecule has 1 aliphatic carbocycles. The molecule has 14 heavy (non-hydrogen) atoms. The standard InChI is InChI=1S/C12H24N2/c1-9-3-4-12-10(5-9)7-14(2)8-11(12)6-13/h9-12H,3-8,13H2,1-2H3. The van der Waals surface area contributed by atoms with Crippen LogP contribution in [-0.4, -0.2) is 31.6 Å². The molecule has 0 aromatic heterocycles. The predicted molar refractivity (Wildman–Crippen MR) is 60.0 cm³/mol. The topological polar surface area (TPSA) is 29.3 Å². The van der Waals surface area contributed by atoms with Crippen LogP contribution in [0.5, 0.6) is 0 Å². The van der Waals surface area contributed by atoms with Crippen molar-refractivity contribution in [2.75, 3.05) is 26.7 Å². The van der Waals surface area contributed by atoms with Gasteiger partial charge in [-0.2, -0.15) is 0 Å². The Morgan fingerprint density at radius 3 is 2.79 bits per heavy atom. The largest absolute Gasteiger partial charge is 0.330 e. The van der Waals surface area contributed by atoms with E-state index in [0.29, 0.717) is 0 Å². The summed E-state index contributed by atoms with van der Waals surface area (Å²) < 4.78 is 0. The molecule has 2 rings (SSSR count). The van der Waals surface area contributed by atoms with Gasteiger partial charge in [0, 0.05) is 13.1 Å². The highest BCUT2D eigenvalue weighted by atomic mass is 15.1. The lowest BCUT2D eigenvalue weighted by molar-refractivity contribution is 0.0356. The van der Waals surface area contributed by atoms with Crippen LogP contribution in [0.1, 0.15) is 26.2 Å². The fraction of sp³-hybridized carbons (Fsp3) is 1.00. The Hall–Kier alpha value is -0.0800. The summed E-state index contributed by atoms with van der Waals surface area (Å²) in [5, 5.41) is 0. The molecule has 2 nitrogen and oxygen atoms in total. The fourth-order valence-electron chi connectivity index (χ4n) is 3.61. The molecule has 0 bridgehead atoms. The lowest BCUT2D eigenvalue weighted by atomic mass is 9.67. The van der Waals surface area contributed by atoms with Crippen LogP contribution in [0.4, 0.5) is 0 Å². The number of hydrogen-bond donors (Lipinski definition) is 1. The van der Waals surface area contributed by atoms with Crippen LogP contribution in [0.25, 0.3) is 0 Å². The summed E-state index contributed by atoms with van der Waals surface area (Å²) in [6.07, 6.45) is 4.30. The average molecular weight is 196 g/mol. The highest BCUT2D eigenvalue weighted by Crippen LogP contribution is 2.40. The molecule has 4 atom stereocenters. The molecule has 1 heterocycles. The number of fused-ring (bicyclic) bond motifs is 1. The monoisotopic (exact) mass is 196 g/mol. The van der Waals surface area contributed by atoms with E-state index in [0.717, 1.165) is 30.2 Å². The van der Waals surface area contributed by atoms with E-state index >= 15 is 0 Å². The van der Waals surface area contributed by atoms with Gasteiger partial charge in [0.1, 0.15) is 0 Å². The van der Waals surface area contributed by atoms with E-state index in [1.165, 1.54) is 32.4 Å². The van der Waals surface area contributed by atoms with Crippen LogP contribution < -0.4 is 5.73 Å². The minimum atomic E-state index is 0.770. The molecule has 2 fully saturated rings. The molecule has 82 valence electrons. The molecule has 2 N–H and O–H groups in total. The first kappa shape index (κ1) is 10.4. The lowest BCUT2D eigenvalue weighted by Gasteiger charge is -2.46. The normalized spacial score (nSPS) is 44.8. The van der Waals surface area contributed by atoms with Gasteiger partial charge in [0.15, 0.2) is 0 Å². The van der Waals surface area contributed by atoms with Crippen LogP contribution in [0.3, 0.4) is 0 Å². The van der Waals surface area contributed by atoms with Gasteiger partial charge in [-0.25, -0.2) is 0 Å². The summed E-state index contributed by atoms with van der Waals surface area (Å²) >= 11 is 0. The Kier molecular flexibility index (Phi) is 3.13. The quantitative estimate of drug-likeness (QED) is 0.689. The highest BCUT2D eigenvalue weighted by molar-refractivity contribution is 4.89. The van der Waals surface area contributed by atoms with Crippen molar-refractivity contribution in [2.45, 2.75) is 26.2 Å². The van der Waals surface area contributed by atoms with Crippen molar-refractivity contribution < 1.29 is 0 Å². The van der Waals surface area contributed by atoms with Crippen molar-refractivity contribution in [1.82, 2.24) is 4.90 Å². The fourth-order valence-corrected chi connectivity index (χ4v) is 3.61. The molecular weight excluding hydrogens is 172 g/mol. The van der Waals surface area contributed by atoms with E-state index in [-0.39, 0.29) is 0 Å². The highest BCUT2D eigenvalue weighted by Gasteiger charge is 2.37. The van der Waals surface area contributed by atoms with Crippen molar-refractivity contribution in [1.29, 1.82) is 0 Å². The molecule has 4 unspecified atom stereocenters. The van der Waals surface area contributed by atoms with Crippen LogP contribution in [-0.2, 0) is 0 Å². The van der Waals surface area contributed by atoms with Crippen LogP contribution in [0.2, 0.25) is 0 Å². The molecule has 0 spiro atoms. The minimum absolute atomic E-state index is 0.770. The van der Waals surface area contributed by atoms with Crippen LogP contribution in [0.15, 0.2) is 0 Å². The molecule has 1 saturated carbocycles. The van der Waals surface area contributed by atoms with Gasteiger partial charge < -0.3 is 10.6 Å². The number of nitrogens with zero attached hydrogens (tertiary/aromatic N) is 1. The third kappa shape index (κ3) is 1.96. The lowest BCUT2D eigenvalue weighted by Crippen LogP contribution is -2.49. The van der Waals surface area contributed by atoms with Crippen molar-refractivity contribution >= 4 is 0 Å². The first-order valence-electron chi connectivity index (χ1n) is 6.09. The van der Waals surface area contributed by atoms with Gasteiger partial charge in [0.05, 0.1) is 0 Å². The Labute approximate surface area is 87.8 Å². The van der Waals surface area contributed by atoms with Gasteiger partial charge in [-0.1, -0.05) is 13.3 Å². The maximum absolute atomic E-state index is 5.88. The second kappa shape index (κ2) is 4.19. The second-order valence-electron chi connectivity index (χ2n) is 5.56. The van der Waals surface area contributed by atoms with E-state index in [1.807, 2.05) is 0 Å². The zero-order valence-corrected chi connectivity index (χ0v) is 9.58. The van der Waals surface area contributed by atoms with E-state index < -0.39 is 0 Å². The van der Waals surface area contributed by atoms with Gasteiger partial charge in [-0.05, 0) is 50.1 Å². The molecule has 0 radical (unpaired) electrons. The summed E-state index contributed by atoms with van der Waals surface area (Å²) in [6, 6.07) is 0. The Morgan fingerprint density at radius 1 is 1.29 bits per heavy atom. The summed E-state index contributed by atoms with van der Waals surface area (Å²) in [5.41, 5.74) is 5.88. The first-order chi connectivity index (χ1) is 6.70. The van der Waals surface area contributed by atoms with Gasteiger partial charge in [0.25, 0.3) is 0 Å². The molecule has 2 aliphatic rings. The zero-order valence-electron chi connectivity index (χ0n) is 9.58. The van der Waals surface area contributed by atoms with Gasteiger partial charge in [-0.3, -0.25) is 0 Å². The summed E-state index contributed by atoms with van der Waals surface area (Å²) in [5.74, 6) is 3.59. The van der Waals surface area contributed by atoms with Gasteiger partial charge in [0.2, 0.25) is 0 Å². The van der Waals surface area contributed by atoms with E-state index in [9.17, 15) is 0 Å². The van der Waals surface area contributed by atoms with Gasteiger partial charge >= 0.3 is 0 Å². The summed E-state index contributed by atoms with van der Waals surface area (Å²) in [7, 11) is 2.25. The maximum Gasteiger partial charge on any atom is 0.00216 e. The number of nitrogens with two attached hydrogens (primary N) is 1. The molecule has 2 heteroatoms. The summed E-state index contributed by atoms with van der Waals surface area (Å²) in [4.78, 5) is 2.48. The summed E-state index contributed by atoms with van der Waals surface area (Å²) in [6.45, 7) is 5.83. The number of hydrogen-bond acceptors (Lipinski definition) is 2. The molecule has 1 saturated heterocycles. The van der Waals surface area contributed by atoms with Crippen LogP contribution in [0, 0.1) is 23.7 Å². The van der Waals surface area contributed by atoms with Crippen molar-refractivity contribution in [3.05, 3.63) is 0 Å². The molecular formula is C12H24N2. The SMILES string of the molecule is CC1CCC2C(CN)CN(C)CC2C1. The molecule has 0 amide bonds. The van der Waals surface area contributed by atoms with Crippen molar-refractivity contribution in [2.24, 2.45) is 29.4 Å². The van der Waals surface area contributed by atoms with E-state index in [1.54, 1.807) is 0 Å². The van der Waals surface area contributed by atoms with E-state index in [2.05, 4.69) is 18.9 Å². The molecule has 0 aromatic rings. The maximum atomic E-state index is 5.88. The third-order valence-electron chi connectivity index (χ3n) is 4.30. The minimum Gasteiger partial charge on any atom is -0.330 e. The number of rotatable bonds is 1. The van der Waals surface area contributed by atoms with Gasteiger partial charge in [-0.15, -0.1) is 0 Å². The Bertz CT molecular complexity index is 191. The number of piperidine rings is 1. The Balaban J connectivity index is 2.03. The zero-order chi connectivity index (χ0) is 10.1. The molecule has 0 aromatic carbocycles. The predicted octanol–water partition coefficient (Wildman–Crippen LogP) is 1.56. The second-order valence-corrected chi connectivity index (χ2v) is 5.56. The number of likely N-dealkylation sites (tertiary alicyclic amines) is 1. The Morgan fingerprint density at radius 2 is 2.07 bits per heavy atom. The molecule has 1 aliphatic heterocycles. The average Bonchev–Trinajstić information content (AvgIpc) is 2.15. The third-order valence-corrected chi connectivity index (χ3v) is 4.30. The van der Waals surface area contributed by atoms with Crippen molar-refractivity contribution in [3.63, 3.8) is 0 Å². The van der Waals surface area contributed by atoms with E-state index in [4.69, 9.17) is 5.73 Å². The van der Waals surface area contributed by atoms with Crippen LogP contribution >= 0.6 is 0 Å². The first-order valence-corrected chi connectivity index (χ1v) is 6.09. The smallest absolute Gasteiger partial charge is 0.00216 e. The van der Waals surface area contributed by atoms with Crippen molar-refractivity contribution in [3.8, 4) is 0 Å².